The monoisotopic (exact) mass is 404 g/mol. The van der Waals surface area contributed by atoms with Gasteiger partial charge in [-0.25, -0.2) is 0 Å². The van der Waals surface area contributed by atoms with E-state index in [9.17, 15) is 4.79 Å². The number of nitrogens with zero attached hydrogens (tertiary/aromatic N) is 3. The van der Waals surface area contributed by atoms with Gasteiger partial charge < -0.3 is 14.6 Å². The molecule has 0 fully saturated rings. The first-order valence-electron chi connectivity index (χ1n) is 10.0. The van der Waals surface area contributed by atoms with Crippen LogP contribution in [0.1, 0.15) is 47.5 Å². The standard InChI is InChI=1S/C21H32N4O2S/c1-6-25(7-2)18-12-10-17(11-13-18)20-23-24-21(27-20)28-14-19(26)22-16(5)9-8-15(3)4/h10-13,15-16H,6-9,14H2,1-5H3,(H,22,26). The minimum atomic E-state index is -0.00965. The Balaban J connectivity index is 1.86. The van der Waals surface area contributed by atoms with Gasteiger partial charge in [0.2, 0.25) is 11.8 Å². The minimum absolute atomic E-state index is 0.00965. The van der Waals surface area contributed by atoms with Crippen molar-refractivity contribution in [2.45, 2.75) is 58.7 Å². The number of hydrogen-bond acceptors (Lipinski definition) is 6. The maximum atomic E-state index is 12.1. The normalized spacial score (nSPS) is 12.2. The highest BCUT2D eigenvalue weighted by atomic mass is 32.2. The Hall–Kier alpha value is -2.02. The van der Waals surface area contributed by atoms with Gasteiger partial charge >= 0.3 is 0 Å². The molecule has 0 saturated carbocycles. The van der Waals surface area contributed by atoms with Gasteiger partial charge in [0.1, 0.15) is 0 Å². The molecule has 1 amide bonds. The van der Waals surface area contributed by atoms with E-state index in [1.54, 1.807) is 0 Å². The van der Waals surface area contributed by atoms with E-state index in [2.05, 4.69) is 60.2 Å². The molecule has 1 heterocycles. The highest BCUT2D eigenvalue weighted by molar-refractivity contribution is 7.99. The lowest BCUT2D eigenvalue weighted by atomic mass is 10.0. The molecule has 1 unspecified atom stereocenters. The van der Waals surface area contributed by atoms with Gasteiger partial charge in [0.25, 0.3) is 5.22 Å². The quantitative estimate of drug-likeness (QED) is 0.551. The van der Waals surface area contributed by atoms with Crippen molar-refractivity contribution in [3.63, 3.8) is 0 Å². The Morgan fingerprint density at radius 3 is 2.39 bits per heavy atom. The molecule has 154 valence electrons. The third kappa shape index (κ3) is 6.86. The molecular weight excluding hydrogens is 372 g/mol. The number of benzene rings is 1. The summed E-state index contributed by atoms with van der Waals surface area (Å²) in [5.74, 6) is 1.38. The van der Waals surface area contributed by atoms with Crippen molar-refractivity contribution in [2.24, 2.45) is 5.92 Å². The van der Waals surface area contributed by atoms with Crippen molar-refractivity contribution in [3.8, 4) is 11.5 Å². The van der Waals surface area contributed by atoms with E-state index in [1.165, 1.54) is 17.4 Å². The van der Waals surface area contributed by atoms with Crippen molar-refractivity contribution in [2.75, 3.05) is 23.7 Å². The molecule has 1 aromatic heterocycles. The summed E-state index contributed by atoms with van der Waals surface area (Å²) >= 11 is 1.27. The van der Waals surface area contributed by atoms with E-state index in [-0.39, 0.29) is 17.7 Å². The summed E-state index contributed by atoms with van der Waals surface area (Å²) in [6.07, 6.45) is 2.09. The Labute approximate surface area is 172 Å². The second-order valence-electron chi connectivity index (χ2n) is 7.32. The van der Waals surface area contributed by atoms with Crippen LogP contribution >= 0.6 is 11.8 Å². The minimum Gasteiger partial charge on any atom is -0.411 e. The highest BCUT2D eigenvalue weighted by Gasteiger charge is 2.13. The van der Waals surface area contributed by atoms with Gasteiger partial charge in [-0.15, -0.1) is 10.2 Å². The van der Waals surface area contributed by atoms with Gasteiger partial charge in [-0.1, -0.05) is 25.6 Å². The van der Waals surface area contributed by atoms with E-state index >= 15 is 0 Å². The maximum Gasteiger partial charge on any atom is 0.277 e. The van der Waals surface area contributed by atoms with E-state index < -0.39 is 0 Å². The third-order valence-electron chi connectivity index (χ3n) is 4.56. The predicted octanol–water partition coefficient (Wildman–Crippen LogP) is 4.62. The lowest BCUT2D eigenvalue weighted by molar-refractivity contribution is -0.119. The fourth-order valence-electron chi connectivity index (χ4n) is 2.89. The molecule has 7 heteroatoms. The summed E-state index contributed by atoms with van der Waals surface area (Å²) in [4.78, 5) is 14.4. The van der Waals surface area contributed by atoms with Crippen molar-refractivity contribution in [1.82, 2.24) is 15.5 Å². The van der Waals surface area contributed by atoms with Crippen LogP contribution in [0.15, 0.2) is 33.9 Å². The van der Waals surface area contributed by atoms with Crippen LogP contribution in [0.3, 0.4) is 0 Å². The number of carbonyl (C=O) groups is 1. The molecule has 0 bridgehead atoms. The Kier molecular flexibility index (Phi) is 8.83. The van der Waals surface area contributed by atoms with E-state index in [4.69, 9.17) is 4.42 Å². The zero-order valence-electron chi connectivity index (χ0n) is 17.6. The molecule has 0 aliphatic rings. The first kappa shape index (κ1) is 22.3. The molecule has 0 spiro atoms. The van der Waals surface area contributed by atoms with Gasteiger partial charge in [-0.2, -0.15) is 0 Å². The SMILES string of the molecule is CCN(CC)c1ccc(-c2nnc(SCC(=O)NC(C)CCC(C)C)o2)cc1. The number of anilines is 1. The number of rotatable bonds is 11. The largest absolute Gasteiger partial charge is 0.411 e. The van der Waals surface area contributed by atoms with Crippen LogP contribution in [0.5, 0.6) is 0 Å². The number of nitrogens with one attached hydrogen (secondary N) is 1. The molecule has 6 nitrogen and oxygen atoms in total. The average Bonchev–Trinajstić information content (AvgIpc) is 3.15. The van der Waals surface area contributed by atoms with Crippen molar-refractivity contribution < 1.29 is 9.21 Å². The fraction of sp³-hybridized carbons (Fsp3) is 0.571. The second-order valence-corrected chi connectivity index (χ2v) is 8.25. The van der Waals surface area contributed by atoms with Crippen molar-refractivity contribution in [3.05, 3.63) is 24.3 Å². The molecular formula is C21H32N4O2S. The van der Waals surface area contributed by atoms with Gasteiger partial charge in [0.05, 0.1) is 5.75 Å². The molecule has 0 aliphatic carbocycles. The summed E-state index contributed by atoms with van der Waals surface area (Å²) < 4.78 is 5.70. The van der Waals surface area contributed by atoms with E-state index in [1.807, 2.05) is 19.1 Å². The summed E-state index contributed by atoms with van der Waals surface area (Å²) in [6, 6.07) is 8.27. The van der Waals surface area contributed by atoms with Crippen LogP contribution in [0, 0.1) is 5.92 Å². The van der Waals surface area contributed by atoms with Crippen LogP contribution in [-0.2, 0) is 4.79 Å². The number of hydrogen-bond donors (Lipinski definition) is 1. The van der Waals surface area contributed by atoms with E-state index in [0.29, 0.717) is 17.0 Å². The first-order valence-corrected chi connectivity index (χ1v) is 11.0. The molecule has 1 atom stereocenters. The molecule has 2 rings (SSSR count). The Morgan fingerprint density at radius 1 is 1.11 bits per heavy atom. The number of carbonyl (C=O) groups excluding carboxylic acids is 1. The Morgan fingerprint density at radius 2 is 1.79 bits per heavy atom. The summed E-state index contributed by atoms with van der Waals surface area (Å²) in [6.45, 7) is 12.6. The summed E-state index contributed by atoms with van der Waals surface area (Å²) in [5.41, 5.74) is 2.05. The van der Waals surface area contributed by atoms with Gasteiger partial charge in [0, 0.05) is 30.4 Å². The van der Waals surface area contributed by atoms with Crippen LogP contribution in [-0.4, -0.2) is 41.0 Å². The molecule has 2 aromatic rings. The molecule has 1 aromatic carbocycles. The topological polar surface area (TPSA) is 71.3 Å². The molecule has 0 radical (unpaired) electrons. The van der Waals surface area contributed by atoms with Crippen LogP contribution in [0.25, 0.3) is 11.5 Å². The predicted molar refractivity (Wildman–Crippen MR) is 116 cm³/mol. The second kappa shape index (κ2) is 11.1. The number of aromatic nitrogens is 2. The van der Waals surface area contributed by atoms with Crippen LogP contribution in [0.2, 0.25) is 0 Å². The third-order valence-corrected chi connectivity index (χ3v) is 5.38. The number of thioether (sulfide) groups is 1. The zero-order valence-corrected chi connectivity index (χ0v) is 18.4. The highest BCUT2D eigenvalue weighted by Crippen LogP contribution is 2.25. The molecule has 28 heavy (non-hydrogen) atoms. The van der Waals surface area contributed by atoms with Gasteiger partial charge in [-0.3, -0.25) is 4.79 Å². The zero-order chi connectivity index (χ0) is 20.5. The lowest BCUT2D eigenvalue weighted by Crippen LogP contribution is -2.34. The molecule has 0 aliphatic heterocycles. The van der Waals surface area contributed by atoms with Crippen molar-refractivity contribution in [1.29, 1.82) is 0 Å². The Bertz CT molecular complexity index is 726. The maximum absolute atomic E-state index is 12.1. The van der Waals surface area contributed by atoms with Gasteiger partial charge in [-0.05, 0) is 63.8 Å². The van der Waals surface area contributed by atoms with Crippen LogP contribution in [0.4, 0.5) is 5.69 Å². The smallest absolute Gasteiger partial charge is 0.277 e. The van der Waals surface area contributed by atoms with Crippen molar-refractivity contribution >= 4 is 23.4 Å². The van der Waals surface area contributed by atoms with Gasteiger partial charge in [0.15, 0.2) is 0 Å². The average molecular weight is 405 g/mol. The summed E-state index contributed by atoms with van der Waals surface area (Å²) in [7, 11) is 0. The summed E-state index contributed by atoms with van der Waals surface area (Å²) in [5, 5.41) is 11.6. The fourth-order valence-corrected chi connectivity index (χ4v) is 3.46. The van der Waals surface area contributed by atoms with E-state index in [0.717, 1.165) is 31.5 Å². The van der Waals surface area contributed by atoms with Crippen LogP contribution < -0.4 is 10.2 Å². The molecule has 1 N–H and O–H groups in total. The number of amides is 1. The first-order chi connectivity index (χ1) is 13.4. The molecule has 0 saturated heterocycles. The lowest BCUT2D eigenvalue weighted by Gasteiger charge is -2.20.